The van der Waals surface area contributed by atoms with Crippen molar-refractivity contribution in [3.8, 4) is 11.8 Å². The van der Waals surface area contributed by atoms with Crippen LogP contribution in [0.25, 0.3) is 0 Å². The Hall–Kier alpha value is -2.09. The van der Waals surface area contributed by atoms with E-state index >= 15 is 0 Å². The molecule has 0 heterocycles. The summed E-state index contributed by atoms with van der Waals surface area (Å²) in [4.78, 5) is 9.52. The maximum Gasteiger partial charge on any atom is 0.270 e. The van der Waals surface area contributed by atoms with Gasteiger partial charge in [0.05, 0.1) is 16.6 Å². The lowest BCUT2D eigenvalue weighted by Gasteiger charge is -2.05. The fourth-order valence-electron chi connectivity index (χ4n) is 0.719. The number of rotatable bonds is 1. The van der Waals surface area contributed by atoms with E-state index in [0.717, 1.165) is 18.2 Å². The second-order valence-corrected chi connectivity index (χ2v) is 2.05. The molecule has 12 heavy (non-hydrogen) atoms. The summed E-state index contributed by atoms with van der Waals surface area (Å²) in [7, 11) is 0. The Balaban J connectivity index is 3.25. The summed E-state index contributed by atoms with van der Waals surface area (Å²) < 4.78 is 0. The van der Waals surface area contributed by atoms with Crippen molar-refractivity contribution in [2.24, 2.45) is 0 Å². The highest BCUT2D eigenvalue weighted by Crippen LogP contribution is 2.19. The topological polar surface area (TPSA) is 90.0 Å². The van der Waals surface area contributed by atoms with E-state index in [1.807, 2.05) is 0 Å². The molecule has 0 aliphatic carbocycles. The molecule has 0 spiro atoms. The predicted molar refractivity (Wildman–Crippen MR) is 37.3 cm³/mol. The Morgan fingerprint density at radius 1 is 1.50 bits per heavy atom. The fourth-order valence-corrected chi connectivity index (χ4v) is 0.719. The average Bonchev–Trinajstić information content (AvgIpc) is 2.05. The highest BCUT2D eigenvalue weighted by Gasteiger charge is 2.05. The van der Waals surface area contributed by atoms with Crippen LogP contribution >= 0.6 is 0 Å². The van der Waals surface area contributed by atoms with Crippen molar-refractivity contribution in [3.63, 3.8) is 0 Å². The molecule has 60 valence electrons. The monoisotopic (exact) mass is 163 g/mol. The molecule has 0 amide bonds. The number of non-ortho nitro benzene ring substituents is 1. The molecule has 5 heteroatoms. The molecule has 1 aromatic carbocycles. The van der Waals surface area contributed by atoms with E-state index in [-0.39, 0.29) is 11.3 Å². The number of nitrogens with zero attached hydrogens (tertiary/aromatic N) is 2. The normalized spacial score (nSPS) is 8.92. The molecule has 0 radical (unpaired) electrons. The summed E-state index contributed by atoms with van der Waals surface area (Å²) in [5, 5.41) is 29.3. The number of hydrogen-bond acceptors (Lipinski definition) is 4. The summed E-state index contributed by atoms with van der Waals surface area (Å²) in [5.74, 6) is -0.497. The lowest BCUT2D eigenvalue weighted by Crippen LogP contribution is -1.95. The van der Waals surface area contributed by atoms with Crippen LogP contribution in [-0.2, 0) is 0 Å². The van der Waals surface area contributed by atoms with Gasteiger partial charge in [-0.05, 0) is 0 Å². The molecule has 0 bridgehead atoms. The first kappa shape index (κ1) is 8.01. The second-order valence-electron chi connectivity index (χ2n) is 2.05. The molecule has 0 aliphatic heterocycles. The van der Waals surface area contributed by atoms with Crippen LogP contribution in [0, 0.1) is 21.4 Å². The molecule has 5 nitrogen and oxygen atoms in total. The largest absolute Gasteiger partial charge is 0.872 e. The van der Waals surface area contributed by atoms with E-state index in [9.17, 15) is 15.2 Å². The van der Waals surface area contributed by atoms with Gasteiger partial charge in [-0.1, -0.05) is 11.8 Å². The number of nitro benzene ring substituents is 1. The molecule has 0 unspecified atom stereocenters. The summed E-state index contributed by atoms with van der Waals surface area (Å²) in [6.45, 7) is 0. The lowest BCUT2D eigenvalue weighted by molar-refractivity contribution is -0.385. The maximum absolute atomic E-state index is 10.8. The van der Waals surface area contributed by atoms with E-state index in [4.69, 9.17) is 5.26 Å². The highest BCUT2D eigenvalue weighted by molar-refractivity contribution is 5.48. The zero-order valence-corrected chi connectivity index (χ0v) is 5.85. The molecule has 0 aliphatic rings. The van der Waals surface area contributed by atoms with E-state index in [1.54, 1.807) is 6.07 Å². The molecule has 1 aromatic rings. The van der Waals surface area contributed by atoms with Crippen LogP contribution in [0.15, 0.2) is 18.2 Å². The van der Waals surface area contributed by atoms with Crippen molar-refractivity contribution < 1.29 is 10.0 Å². The SMILES string of the molecule is N#Cc1cc([N+](=O)[O-])ccc1[O-]. The lowest BCUT2D eigenvalue weighted by atomic mass is 10.2. The van der Waals surface area contributed by atoms with E-state index < -0.39 is 10.7 Å². The van der Waals surface area contributed by atoms with Crippen LogP contribution in [-0.4, -0.2) is 4.92 Å². The van der Waals surface area contributed by atoms with Gasteiger partial charge in [0.25, 0.3) is 5.69 Å². The Bertz CT molecular complexity index is 367. The van der Waals surface area contributed by atoms with Gasteiger partial charge in [0.1, 0.15) is 0 Å². The minimum Gasteiger partial charge on any atom is -0.872 e. The van der Waals surface area contributed by atoms with Crippen LogP contribution in [0.3, 0.4) is 0 Å². The predicted octanol–water partition coefficient (Wildman–Crippen LogP) is 0.540. The van der Waals surface area contributed by atoms with Gasteiger partial charge in [-0.3, -0.25) is 10.1 Å². The van der Waals surface area contributed by atoms with Crippen molar-refractivity contribution in [2.75, 3.05) is 0 Å². The summed E-state index contributed by atoms with van der Waals surface area (Å²) in [5.41, 5.74) is -0.449. The Kier molecular flexibility index (Phi) is 1.92. The third-order valence-electron chi connectivity index (χ3n) is 1.29. The molecule has 0 saturated carbocycles. The first-order chi connectivity index (χ1) is 5.65. The number of nitro groups is 1. The summed E-state index contributed by atoms with van der Waals surface area (Å²) in [6.07, 6.45) is 0. The van der Waals surface area contributed by atoms with Crippen LogP contribution in [0.2, 0.25) is 0 Å². The zero-order chi connectivity index (χ0) is 9.14. The standard InChI is InChI=1S/C7H4N2O3/c8-4-5-3-6(9(11)12)1-2-7(5)10/h1-3,10H/p-1. The number of hydrogen-bond donors (Lipinski definition) is 0. The molecule has 0 aromatic heterocycles. The van der Waals surface area contributed by atoms with Gasteiger partial charge in [0.15, 0.2) is 0 Å². The van der Waals surface area contributed by atoms with Crippen LogP contribution in [0.4, 0.5) is 5.69 Å². The van der Waals surface area contributed by atoms with Gasteiger partial charge >= 0.3 is 0 Å². The molecular weight excluding hydrogens is 160 g/mol. The molecular formula is C7H3N2O3-. The van der Waals surface area contributed by atoms with Gasteiger partial charge in [-0.25, -0.2) is 0 Å². The van der Waals surface area contributed by atoms with Gasteiger partial charge in [-0.2, -0.15) is 5.26 Å². The van der Waals surface area contributed by atoms with Crippen molar-refractivity contribution in [1.29, 1.82) is 5.26 Å². The third kappa shape index (κ3) is 1.32. The molecule has 0 atom stereocenters. The van der Waals surface area contributed by atoms with Crippen molar-refractivity contribution in [1.82, 2.24) is 0 Å². The smallest absolute Gasteiger partial charge is 0.270 e. The van der Waals surface area contributed by atoms with E-state index in [0.29, 0.717) is 0 Å². The first-order valence-corrected chi connectivity index (χ1v) is 3.00. The van der Waals surface area contributed by atoms with Gasteiger partial charge in [-0.15, -0.1) is 0 Å². The van der Waals surface area contributed by atoms with Crippen molar-refractivity contribution >= 4 is 5.69 Å². The van der Waals surface area contributed by atoms with Crippen LogP contribution in [0.1, 0.15) is 5.56 Å². The summed E-state index contributed by atoms with van der Waals surface area (Å²) >= 11 is 0. The summed E-state index contributed by atoms with van der Waals surface area (Å²) in [6, 6.07) is 4.62. The van der Waals surface area contributed by atoms with Crippen molar-refractivity contribution in [3.05, 3.63) is 33.9 Å². The Morgan fingerprint density at radius 2 is 2.17 bits per heavy atom. The first-order valence-electron chi connectivity index (χ1n) is 3.00. The van der Waals surface area contributed by atoms with Gasteiger partial charge < -0.3 is 5.11 Å². The average molecular weight is 163 g/mol. The fraction of sp³-hybridized carbons (Fsp3) is 0. The molecule has 0 saturated heterocycles. The van der Waals surface area contributed by atoms with E-state index in [2.05, 4.69) is 0 Å². The zero-order valence-electron chi connectivity index (χ0n) is 5.85. The van der Waals surface area contributed by atoms with Crippen molar-refractivity contribution in [2.45, 2.75) is 0 Å². The maximum atomic E-state index is 10.8. The molecule has 0 N–H and O–H groups in total. The quantitative estimate of drug-likeness (QED) is 0.446. The molecule has 0 fully saturated rings. The minimum atomic E-state index is -0.652. The number of benzene rings is 1. The Morgan fingerprint density at radius 3 is 2.67 bits per heavy atom. The highest BCUT2D eigenvalue weighted by atomic mass is 16.6. The van der Waals surface area contributed by atoms with Gasteiger partial charge in [0, 0.05) is 12.1 Å². The van der Waals surface area contributed by atoms with Crippen LogP contribution < -0.4 is 5.11 Å². The number of nitriles is 1. The molecule has 1 rings (SSSR count). The third-order valence-corrected chi connectivity index (χ3v) is 1.29. The van der Waals surface area contributed by atoms with Gasteiger partial charge in [0.2, 0.25) is 0 Å². The van der Waals surface area contributed by atoms with E-state index in [1.165, 1.54) is 0 Å². The minimum absolute atomic E-state index is 0.204. The van der Waals surface area contributed by atoms with Crippen LogP contribution in [0.5, 0.6) is 5.75 Å². The second kappa shape index (κ2) is 2.88. The Labute approximate surface area is 67.6 Å².